The summed E-state index contributed by atoms with van der Waals surface area (Å²) < 4.78 is 92.3. The molecule has 3 aliphatic rings. The summed E-state index contributed by atoms with van der Waals surface area (Å²) in [6.45, 7) is 5.67. The number of carbonyl (C=O) groups is 1. The number of hydrogen-bond donors (Lipinski definition) is 0. The number of fused-ring (bicyclic) bond motifs is 2. The second-order valence-electron chi connectivity index (χ2n) is 12.4. The molecule has 248 valence electrons. The van der Waals surface area contributed by atoms with Gasteiger partial charge in [0.15, 0.2) is 0 Å². The van der Waals surface area contributed by atoms with E-state index in [9.17, 15) is 27.2 Å². The fourth-order valence-electron chi connectivity index (χ4n) is 6.17. The molecule has 1 aromatic heterocycles. The first-order valence-electron chi connectivity index (χ1n) is 14.4. The van der Waals surface area contributed by atoms with Gasteiger partial charge in [-0.1, -0.05) is 11.6 Å². The van der Waals surface area contributed by atoms with Gasteiger partial charge in [0, 0.05) is 53.4 Å². The minimum atomic E-state index is -5.00. The summed E-state index contributed by atoms with van der Waals surface area (Å²) >= 11 is 6.91. The quantitative estimate of drug-likeness (QED) is 0.246. The first-order valence-corrected chi connectivity index (χ1v) is 15.8. The second-order valence-corrected chi connectivity index (χ2v) is 13.8. The number of morpholine rings is 1. The van der Waals surface area contributed by atoms with Crippen molar-refractivity contribution in [3.05, 3.63) is 50.9 Å². The highest BCUT2D eigenvalue weighted by Crippen LogP contribution is 2.49. The van der Waals surface area contributed by atoms with E-state index in [0.717, 1.165) is 23.9 Å². The summed E-state index contributed by atoms with van der Waals surface area (Å²) in [4.78, 5) is 34.3. The molecule has 1 amide bonds. The van der Waals surface area contributed by atoms with E-state index >= 15 is 4.39 Å². The van der Waals surface area contributed by atoms with Gasteiger partial charge in [-0.15, -0.1) is 11.8 Å². The molecule has 2 aromatic carbocycles. The number of ether oxygens (including phenoxy) is 3. The average Bonchev–Trinajstić information content (AvgIpc) is 3.15. The fourth-order valence-corrected chi connectivity index (χ4v) is 7.65. The third-order valence-corrected chi connectivity index (χ3v) is 9.60. The number of piperazine rings is 1. The summed E-state index contributed by atoms with van der Waals surface area (Å²) in [5.41, 5.74) is -3.72. The molecule has 0 saturated carbocycles. The van der Waals surface area contributed by atoms with Crippen LogP contribution in [0.15, 0.2) is 27.9 Å². The first-order chi connectivity index (χ1) is 21.6. The van der Waals surface area contributed by atoms with E-state index in [1.165, 1.54) is 11.7 Å². The van der Waals surface area contributed by atoms with Crippen LogP contribution < -0.4 is 10.6 Å². The molecule has 3 aliphatic heterocycles. The van der Waals surface area contributed by atoms with Gasteiger partial charge in [0.2, 0.25) is 0 Å². The van der Waals surface area contributed by atoms with E-state index in [4.69, 9.17) is 25.8 Å². The Morgan fingerprint density at radius 1 is 1.07 bits per heavy atom. The number of benzene rings is 2. The van der Waals surface area contributed by atoms with Crippen LogP contribution in [-0.4, -0.2) is 83.5 Å². The van der Waals surface area contributed by atoms with E-state index in [1.807, 2.05) is 0 Å². The zero-order valence-corrected chi connectivity index (χ0v) is 26.8. The van der Waals surface area contributed by atoms with E-state index < -0.39 is 75.1 Å². The number of methoxy groups -OCH3 is 1. The number of rotatable bonds is 3. The van der Waals surface area contributed by atoms with E-state index in [-0.39, 0.29) is 60.2 Å². The Balaban J connectivity index is 1.58. The molecule has 0 spiro atoms. The van der Waals surface area contributed by atoms with Gasteiger partial charge in [-0.2, -0.15) is 18.2 Å². The van der Waals surface area contributed by atoms with Crippen molar-refractivity contribution in [3.63, 3.8) is 0 Å². The smallest absolute Gasteiger partial charge is 0.417 e. The number of hydrogen-bond acceptors (Lipinski definition) is 8. The molecule has 3 aromatic rings. The number of thioether (sulfide) groups is 1. The van der Waals surface area contributed by atoms with Crippen molar-refractivity contribution in [2.24, 2.45) is 0 Å². The van der Waals surface area contributed by atoms with E-state index in [2.05, 4.69) is 4.98 Å². The van der Waals surface area contributed by atoms with Crippen molar-refractivity contribution >= 4 is 46.2 Å². The average molecular weight is 689 g/mol. The Morgan fingerprint density at radius 3 is 2.35 bits per heavy atom. The van der Waals surface area contributed by atoms with Crippen LogP contribution in [0.3, 0.4) is 0 Å². The molecular weight excluding hydrogens is 659 g/mol. The molecule has 2 fully saturated rings. The number of aromatic nitrogens is 2. The predicted molar refractivity (Wildman–Crippen MR) is 162 cm³/mol. The summed E-state index contributed by atoms with van der Waals surface area (Å²) in [5.74, 6) is -2.25. The number of carbonyl (C=O) groups excluding carboxylic acids is 1. The number of alkyl halides is 3. The molecule has 9 nitrogen and oxygen atoms in total. The number of halogens is 6. The minimum absolute atomic E-state index is 0.00764. The van der Waals surface area contributed by atoms with Crippen molar-refractivity contribution in [3.8, 4) is 11.1 Å². The zero-order chi connectivity index (χ0) is 33.3. The highest BCUT2D eigenvalue weighted by Gasteiger charge is 2.45. The summed E-state index contributed by atoms with van der Waals surface area (Å²) in [6, 6.07) is 1.02. The lowest BCUT2D eigenvalue weighted by Crippen LogP contribution is -2.67. The maximum Gasteiger partial charge on any atom is 0.417 e. The molecule has 0 radical (unpaired) electrons. The van der Waals surface area contributed by atoms with Crippen LogP contribution in [0.4, 0.5) is 32.6 Å². The first kappa shape index (κ1) is 32.8. The van der Waals surface area contributed by atoms with Crippen LogP contribution in [0.1, 0.15) is 26.3 Å². The second kappa shape index (κ2) is 11.8. The molecule has 2 bridgehead atoms. The lowest BCUT2D eigenvalue weighted by Gasteiger charge is -2.49. The zero-order valence-electron chi connectivity index (χ0n) is 25.2. The molecule has 3 atom stereocenters. The number of nitrogens with zero attached hydrogens (tertiary/aromatic N) is 4. The van der Waals surface area contributed by atoms with Crippen LogP contribution in [0.25, 0.3) is 22.0 Å². The molecule has 4 heterocycles. The maximum absolute atomic E-state index is 15.3. The Kier molecular flexibility index (Phi) is 8.43. The molecular formula is C30H30ClF5N4O5S. The van der Waals surface area contributed by atoms with Gasteiger partial charge in [0.1, 0.15) is 23.1 Å². The van der Waals surface area contributed by atoms with Gasteiger partial charge in [0.05, 0.1) is 54.0 Å². The van der Waals surface area contributed by atoms with Crippen molar-refractivity contribution < 1.29 is 41.0 Å². The maximum atomic E-state index is 15.3. The fraction of sp³-hybridized carbons (Fsp3) is 0.500. The monoisotopic (exact) mass is 688 g/mol. The molecule has 0 N–H and O–H groups in total. The third-order valence-electron chi connectivity index (χ3n) is 8.09. The van der Waals surface area contributed by atoms with Crippen molar-refractivity contribution in [1.29, 1.82) is 0 Å². The molecule has 0 aliphatic carbocycles. The third kappa shape index (κ3) is 5.90. The van der Waals surface area contributed by atoms with Crippen LogP contribution in [0, 0.1) is 11.6 Å². The molecule has 6 rings (SSSR count). The number of anilines is 1. The van der Waals surface area contributed by atoms with E-state index in [0.29, 0.717) is 6.07 Å². The summed E-state index contributed by atoms with van der Waals surface area (Å²) in [5, 5.41) is -0.553. The van der Waals surface area contributed by atoms with Crippen molar-refractivity contribution in [1.82, 2.24) is 14.5 Å². The Hall–Kier alpha value is -3.14. The SMILES string of the molecule is CO[C@@H]1CSc2c(-c3cc(Cl)c(F)cc3F)c(C(F)(F)F)cc3c(N4CC5COCC(C4)N5C(=O)OC(C)(C)C)nc(=O)n(c23)C1. The topological polar surface area (TPSA) is 86.1 Å². The van der Waals surface area contributed by atoms with Crippen molar-refractivity contribution in [2.45, 2.75) is 62.2 Å². The molecule has 16 heteroatoms. The van der Waals surface area contributed by atoms with Crippen molar-refractivity contribution in [2.75, 3.05) is 44.1 Å². The summed E-state index contributed by atoms with van der Waals surface area (Å²) in [6.07, 6.45) is -6.14. The highest BCUT2D eigenvalue weighted by atomic mass is 35.5. The van der Waals surface area contributed by atoms with Crippen LogP contribution in [0.5, 0.6) is 0 Å². The van der Waals surface area contributed by atoms with Gasteiger partial charge in [-0.05, 0) is 32.9 Å². The Morgan fingerprint density at radius 2 is 1.74 bits per heavy atom. The van der Waals surface area contributed by atoms with Crippen LogP contribution >= 0.6 is 23.4 Å². The molecule has 46 heavy (non-hydrogen) atoms. The van der Waals surface area contributed by atoms with Crippen LogP contribution in [-0.2, 0) is 26.9 Å². The highest BCUT2D eigenvalue weighted by molar-refractivity contribution is 7.99. The van der Waals surface area contributed by atoms with E-state index in [1.54, 1.807) is 30.6 Å². The molecule has 2 saturated heterocycles. The van der Waals surface area contributed by atoms with Gasteiger partial charge in [-0.3, -0.25) is 9.47 Å². The normalized spacial score (nSPS) is 21.8. The van der Waals surface area contributed by atoms with Gasteiger partial charge in [0.25, 0.3) is 0 Å². The van der Waals surface area contributed by atoms with Gasteiger partial charge >= 0.3 is 18.0 Å². The summed E-state index contributed by atoms with van der Waals surface area (Å²) in [7, 11) is 1.41. The standard InChI is InChI=1S/C30H30ClF5N4O5S/c1-29(2,3)45-28(42)40-14-8-38(9-15(40)12-44-11-14)26-18-5-19(30(34,35)36)23(17-6-20(31)22(33)7-21(17)32)25-24(18)39(27(41)37-26)10-16(43-4)13-46-25/h5-7,14-16H,8-13H2,1-4H3/t14?,15?,16-/m0/s1. The molecule has 2 unspecified atom stereocenters. The number of amides is 1. The lowest BCUT2D eigenvalue weighted by atomic mass is 9.95. The lowest BCUT2D eigenvalue weighted by molar-refractivity contribution is -0.137. The Labute approximate surface area is 269 Å². The predicted octanol–water partition coefficient (Wildman–Crippen LogP) is 5.96. The van der Waals surface area contributed by atoms with Gasteiger partial charge in [-0.25, -0.2) is 18.4 Å². The largest absolute Gasteiger partial charge is 0.444 e. The minimum Gasteiger partial charge on any atom is -0.444 e. The van der Waals surface area contributed by atoms with Gasteiger partial charge < -0.3 is 19.1 Å². The van der Waals surface area contributed by atoms with Crippen LogP contribution in [0.2, 0.25) is 5.02 Å². The Bertz CT molecular complexity index is 1770.